The number of rotatable bonds is 2. The second-order valence-corrected chi connectivity index (χ2v) is 4.22. The fourth-order valence-electron chi connectivity index (χ4n) is 1.84. The molecular formula is C15H17N. The molecule has 0 radical (unpaired) electrons. The zero-order valence-electron chi connectivity index (χ0n) is 9.83. The lowest BCUT2D eigenvalue weighted by atomic mass is 9.97. The highest BCUT2D eigenvalue weighted by atomic mass is 14.5. The first-order chi connectivity index (χ1) is 7.70. The molecule has 2 aromatic rings. The van der Waals surface area contributed by atoms with Crippen LogP contribution in [0.3, 0.4) is 0 Å². The van der Waals surface area contributed by atoms with Gasteiger partial charge in [0.05, 0.1) is 0 Å². The average Bonchev–Trinajstić information content (AvgIpc) is 2.31. The van der Waals surface area contributed by atoms with Crippen LogP contribution in [0.5, 0.6) is 0 Å². The number of aryl methyl sites for hydroxylation is 2. The van der Waals surface area contributed by atoms with E-state index in [1.165, 1.54) is 27.8 Å². The SMILES string of the molecule is Cc1ccc(-c2cc(CN)ccc2C)cc1. The first-order valence-electron chi connectivity index (χ1n) is 5.57. The van der Waals surface area contributed by atoms with E-state index in [0.29, 0.717) is 6.54 Å². The summed E-state index contributed by atoms with van der Waals surface area (Å²) in [6.45, 7) is 4.83. The molecule has 0 saturated carbocycles. The molecule has 0 aliphatic rings. The molecule has 0 spiro atoms. The van der Waals surface area contributed by atoms with Gasteiger partial charge in [-0.2, -0.15) is 0 Å². The molecule has 0 aromatic heterocycles. The van der Waals surface area contributed by atoms with Gasteiger partial charge in [0.2, 0.25) is 0 Å². The highest BCUT2D eigenvalue weighted by Crippen LogP contribution is 2.24. The van der Waals surface area contributed by atoms with E-state index in [2.05, 4.69) is 56.3 Å². The van der Waals surface area contributed by atoms with E-state index in [1.807, 2.05) is 0 Å². The van der Waals surface area contributed by atoms with Gasteiger partial charge in [-0.1, -0.05) is 42.0 Å². The minimum absolute atomic E-state index is 0.596. The lowest BCUT2D eigenvalue weighted by Gasteiger charge is -2.08. The molecule has 82 valence electrons. The van der Waals surface area contributed by atoms with Crippen LogP contribution in [0.4, 0.5) is 0 Å². The molecule has 0 fully saturated rings. The van der Waals surface area contributed by atoms with Crippen LogP contribution >= 0.6 is 0 Å². The van der Waals surface area contributed by atoms with Crippen molar-refractivity contribution in [1.29, 1.82) is 0 Å². The van der Waals surface area contributed by atoms with E-state index >= 15 is 0 Å². The second-order valence-electron chi connectivity index (χ2n) is 4.22. The summed E-state index contributed by atoms with van der Waals surface area (Å²) in [7, 11) is 0. The summed E-state index contributed by atoms with van der Waals surface area (Å²) in [5.41, 5.74) is 12.0. The number of hydrogen-bond acceptors (Lipinski definition) is 1. The van der Waals surface area contributed by atoms with Crippen LogP contribution in [-0.2, 0) is 6.54 Å². The number of benzene rings is 2. The van der Waals surface area contributed by atoms with Crippen molar-refractivity contribution in [3.05, 3.63) is 59.2 Å². The zero-order valence-corrected chi connectivity index (χ0v) is 9.83. The van der Waals surface area contributed by atoms with E-state index in [4.69, 9.17) is 5.73 Å². The lowest BCUT2D eigenvalue weighted by molar-refractivity contribution is 1.07. The molecule has 1 heteroatoms. The van der Waals surface area contributed by atoms with Crippen LogP contribution in [0.25, 0.3) is 11.1 Å². The molecule has 2 N–H and O–H groups in total. The summed E-state index contributed by atoms with van der Waals surface area (Å²) in [6.07, 6.45) is 0. The number of hydrogen-bond donors (Lipinski definition) is 1. The lowest BCUT2D eigenvalue weighted by Crippen LogP contribution is -1.97. The van der Waals surface area contributed by atoms with E-state index < -0.39 is 0 Å². The maximum absolute atomic E-state index is 5.67. The number of nitrogens with two attached hydrogens (primary N) is 1. The third kappa shape index (κ3) is 2.15. The van der Waals surface area contributed by atoms with E-state index in [9.17, 15) is 0 Å². The minimum Gasteiger partial charge on any atom is -0.326 e. The maximum Gasteiger partial charge on any atom is 0.0178 e. The molecule has 0 saturated heterocycles. The Hall–Kier alpha value is -1.60. The second kappa shape index (κ2) is 4.50. The minimum atomic E-state index is 0.596. The Morgan fingerprint density at radius 3 is 2.25 bits per heavy atom. The summed E-state index contributed by atoms with van der Waals surface area (Å²) in [4.78, 5) is 0. The predicted molar refractivity (Wildman–Crippen MR) is 69.2 cm³/mol. The Morgan fingerprint density at radius 1 is 0.938 bits per heavy atom. The molecule has 0 bridgehead atoms. The summed E-state index contributed by atoms with van der Waals surface area (Å²) in [5, 5.41) is 0. The van der Waals surface area contributed by atoms with Crippen LogP contribution in [0.2, 0.25) is 0 Å². The first kappa shape index (κ1) is 10.9. The van der Waals surface area contributed by atoms with Gasteiger partial charge in [-0.25, -0.2) is 0 Å². The van der Waals surface area contributed by atoms with Gasteiger partial charge >= 0.3 is 0 Å². The Labute approximate surface area is 96.9 Å². The van der Waals surface area contributed by atoms with Crippen molar-refractivity contribution < 1.29 is 0 Å². The van der Waals surface area contributed by atoms with Crippen LogP contribution in [0, 0.1) is 13.8 Å². The van der Waals surface area contributed by atoms with Crippen LogP contribution in [-0.4, -0.2) is 0 Å². The van der Waals surface area contributed by atoms with Gasteiger partial charge in [0.1, 0.15) is 0 Å². The molecule has 2 aromatic carbocycles. The molecule has 1 nitrogen and oxygen atoms in total. The fourth-order valence-corrected chi connectivity index (χ4v) is 1.84. The normalized spacial score (nSPS) is 10.4. The van der Waals surface area contributed by atoms with Gasteiger partial charge in [-0.15, -0.1) is 0 Å². The monoisotopic (exact) mass is 211 g/mol. The molecular weight excluding hydrogens is 194 g/mol. The van der Waals surface area contributed by atoms with Gasteiger partial charge in [-0.05, 0) is 42.2 Å². The summed E-state index contributed by atoms with van der Waals surface area (Å²) < 4.78 is 0. The topological polar surface area (TPSA) is 26.0 Å². The molecule has 0 amide bonds. The Bertz CT molecular complexity index is 483. The largest absolute Gasteiger partial charge is 0.326 e. The summed E-state index contributed by atoms with van der Waals surface area (Å²) in [5.74, 6) is 0. The smallest absolute Gasteiger partial charge is 0.0178 e. The van der Waals surface area contributed by atoms with Gasteiger partial charge in [0, 0.05) is 6.54 Å². The Morgan fingerprint density at radius 2 is 1.62 bits per heavy atom. The van der Waals surface area contributed by atoms with Crippen LogP contribution in [0.15, 0.2) is 42.5 Å². The molecule has 0 aliphatic carbocycles. The molecule has 0 heterocycles. The Kier molecular flexibility index (Phi) is 3.07. The van der Waals surface area contributed by atoms with E-state index in [1.54, 1.807) is 0 Å². The van der Waals surface area contributed by atoms with Gasteiger partial charge < -0.3 is 5.73 Å². The van der Waals surface area contributed by atoms with Crippen molar-refractivity contribution >= 4 is 0 Å². The van der Waals surface area contributed by atoms with Gasteiger partial charge in [0.15, 0.2) is 0 Å². The van der Waals surface area contributed by atoms with Crippen molar-refractivity contribution in [2.24, 2.45) is 5.73 Å². The molecule has 0 unspecified atom stereocenters. The zero-order chi connectivity index (χ0) is 11.5. The van der Waals surface area contributed by atoms with E-state index in [-0.39, 0.29) is 0 Å². The van der Waals surface area contributed by atoms with Gasteiger partial charge in [-0.3, -0.25) is 0 Å². The van der Waals surface area contributed by atoms with Gasteiger partial charge in [0.25, 0.3) is 0 Å². The standard InChI is InChI=1S/C15H17N/c1-11-3-7-14(8-4-11)15-9-13(10-16)6-5-12(15)2/h3-9H,10,16H2,1-2H3. The fraction of sp³-hybridized carbons (Fsp3) is 0.200. The molecule has 16 heavy (non-hydrogen) atoms. The third-order valence-electron chi connectivity index (χ3n) is 2.90. The maximum atomic E-state index is 5.67. The quantitative estimate of drug-likeness (QED) is 0.809. The van der Waals surface area contributed by atoms with Crippen LogP contribution < -0.4 is 5.73 Å². The van der Waals surface area contributed by atoms with Crippen molar-refractivity contribution in [1.82, 2.24) is 0 Å². The average molecular weight is 211 g/mol. The van der Waals surface area contributed by atoms with E-state index in [0.717, 1.165) is 0 Å². The predicted octanol–water partition coefficient (Wildman–Crippen LogP) is 3.43. The molecule has 2 rings (SSSR count). The highest BCUT2D eigenvalue weighted by Gasteiger charge is 2.02. The summed E-state index contributed by atoms with van der Waals surface area (Å²) >= 11 is 0. The molecule has 0 atom stereocenters. The first-order valence-corrected chi connectivity index (χ1v) is 5.57. The van der Waals surface area contributed by atoms with Crippen molar-refractivity contribution in [3.8, 4) is 11.1 Å². The Balaban J connectivity index is 2.50. The van der Waals surface area contributed by atoms with Crippen molar-refractivity contribution in [2.75, 3.05) is 0 Å². The van der Waals surface area contributed by atoms with Crippen molar-refractivity contribution in [2.45, 2.75) is 20.4 Å². The van der Waals surface area contributed by atoms with Crippen molar-refractivity contribution in [3.63, 3.8) is 0 Å². The molecule has 0 aliphatic heterocycles. The third-order valence-corrected chi connectivity index (χ3v) is 2.90. The van der Waals surface area contributed by atoms with Crippen LogP contribution in [0.1, 0.15) is 16.7 Å². The summed E-state index contributed by atoms with van der Waals surface area (Å²) in [6, 6.07) is 15.0. The highest BCUT2D eigenvalue weighted by molar-refractivity contribution is 5.68.